The lowest BCUT2D eigenvalue weighted by atomic mass is 9.77. The Morgan fingerprint density at radius 1 is 1.47 bits per heavy atom. The molecule has 17 heavy (non-hydrogen) atoms. The van der Waals surface area contributed by atoms with Crippen LogP contribution in [0.15, 0.2) is 5.16 Å². The van der Waals surface area contributed by atoms with E-state index in [4.69, 9.17) is 10.9 Å². The van der Waals surface area contributed by atoms with Crippen molar-refractivity contribution in [2.75, 3.05) is 7.05 Å². The van der Waals surface area contributed by atoms with Crippen LogP contribution in [0.4, 0.5) is 0 Å². The molecule has 100 valence electrons. The molecule has 1 rings (SSSR count). The van der Waals surface area contributed by atoms with E-state index < -0.39 is 15.7 Å². The summed E-state index contributed by atoms with van der Waals surface area (Å²) in [4.78, 5) is 0. The Hall–Kier alpha value is -0.860. The van der Waals surface area contributed by atoms with Gasteiger partial charge in [0.25, 0.3) is 10.2 Å². The van der Waals surface area contributed by atoms with E-state index in [1.807, 2.05) is 0 Å². The SMILES string of the molecule is CNS(=O)(=O)NC1(C(N)=NO)CCC(C)CC1. The highest BCUT2D eigenvalue weighted by Crippen LogP contribution is 2.32. The molecule has 0 spiro atoms. The van der Waals surface area contributed by atoms with Gasteiger partial charge in [0.2, 0.25) is 0 Å². The summed E-state index contributed by atoms with van der Waals surface area (Å²) in [5.41, 5.74) is 4.67. The van der Waals surface area contributed by atoms with Gasteiger partial charge in [-0.1, -0.05) is 12.1 Å². The molecule has 0 radical (unpaired) electrons. The zero-order valence-electron chi connectivity index (χ0n) is 10.1. The van der Waals surface area contributed by atoms with E-state index in [-0.39, 0.29) is 5.84 Å². The summed E-state index contributed by atoms with van der Waals surface area (Å²) in [6, 6.07) is 0. The summed E-state index contributed by atoms with van der Waals surface area (Å²) in [7, 11) is -2.31. The molecule has 1 fully saturated rings. The lowest BCUT2D eigenvalue weighted by Gasteiger charge is -2.38. The lowest BCUT2D eigenvalue weighted by molar-refractivity contribution is 0.266. The highest BCUT2D eigenvalue weighted by Gasteiger charge is 2.41. The predicted octanol–water partition coefficient (Wildman–Crippen LogP) is -0.264. The number of nitrogens with one attached hydrogen (secondary N) is 2. The van der Waals surface area contributed by atoms with E-state index in [0.717, 1.165) is 12.8 Å². The molecule has 8 heteroatoms. The molecule has 1 saturated carbocycles. The molecule has 0 heterocycles. The minimum Gasteiger partial charge on any atom is -0.409 e. The van der Waals surface area contributed by atoms with Crippen LogP contribution >= 0.6 is 0 Å². The number of nitrogens with two attached hydrogens (primary N) is 1. The van der Waals surface area contributed by atoms with E-state index in [0.29, 0.717) is 18.8 Å². The second kappa shape index (κ2) is 5.19. The summed E-state index contributed by atoms with van der Waals surface area (Å²) in [6.07, 6.45) is 2.74. The van der Waals surface area contributed by atoms with Gasteiger partial charge in [-0.3, -0.25) is 0 Å². The van der Waals surface area contributed by atoms with Crippen molar-refractivity contribution in [3.63, 3.8) is 0 Å². The van der Waals surface area contributed by atoms with Crippen molar-refractivity contribution >= 4 is 16.0 Å². The number of hydrogen-bond donors (Lipinski definition) is 4. The van der Waals surface area contributed by atoms with Gasteiger partial charge in [-0.05, 0) is 31.6 Å². The zero-order chi connectivity index (χ0) is 13.1. The Morgan fingerprint density at radius 3 is 2.41 bits per heavy atom. The molecule has 0 aliphatic heterocycles. The first-order valence-corrected chi connectivity index (χ1v) is 7.04. The molecule has 0 amide bonds. The monoisotopic (exact) mass is 264 g/mol. The fourth-order valence-corrected chi connectivity index (χ4v) is 2.99. The standard InChI is InChI=1S/C9H20N4O3S/c1-7-3-5-9(6-4-7,8(10)12-14)13-17(15,16)11-2/h7,11,13-14H,3-6H2,1-2H3,(H2,10,12). The van der Waals surface area contributed by atoms with Crippen molar-refractivity contribution in [1.29, 1.82) is 0 Å². The van der Waals surface area contributed by atoms with Crippen molar-refractivity contribution < 1.29 is 13.6 Å². The van der Waals surface area contributed by atoms with Gasteiger partial charge >= 0.3 is 0 Å². The van der Waals surface area contributed by atoms with Crippen molar-refractivity contribution in [1.82, 2.24) is 9.44 Å². The molecule has 0 saturated heterocycles. The molecule has 5 N–H and O–H groups in total. The van der Waals surface area contributed by atoms with Crippen molar-refractivity contribution in [2.24, 2.45) is 16.8 Å². The minimum atomic E-state index is -3.62. The van der Waals surface area contributed by atoms with E-state index in [2.05, 4.69) is 21.5 Å². The van der Waals surface area contributed by atoms with Gasteiger partial charge in [-0.25, -0.2) is 4.72 Å². The van der Waals surface area contributed by atoms with Crippen LogP contribution in [0, 0.1) is 5.92 Å². The molecule has 7 nitrogen and oxygen atoms in total. The van der Waals surface area contributed by atoms with Crippen molar-refractivity contribution in [2.45, 2.75) is 38.1 Å². The third kappa shape index (κ3) is 3.30. The van der Waals surface area contributed by atoms with Gasteiger partial charge < -0.3 is 10.9 Å². The van der Waals surface area contributed by atoms with Crippen LogP contribution in [0.2, 0.25) is 0 Å². The molecule has 0 aromatic carbocycles. The predicted molar refractivity (Wildman–Crippen MR) is 64.9 cm³/mol. The van der Waals surface area contributed by atoms with E-state index in [1.165, 1.54) is 7.05 Å². The topological polar surface area (TPSA) is 117 Å². The molecule has 0 unspecified atom stereocenters. The van der Waals surface area contributed by atoms with Crippen LogP contribution in [0.1, 0.15) is 32.6 Å². The summed E-state index contributed by atoms with van der Waals surface area (Å²) in [5.74, 6) is 0.442. The van der Waals surface area contributed by atoms with Crippen LogP contribution in [0.25, 0.3) is 0 Å². The Bertz CT molecular complexity index is 385. The maximum Gasteiger partial charge on any atom is 0.277 e. The third-order valence-electron chi connectivity index (χ3n) is 3.32. The summed E-state index contributed by atoms with van der Waals surface area (Å²) >= 11 is 0. The second-order valence-corrected chi connectivity index (χ2v) is 6.18. The largest absolute Gasteiger partial charge is 0.409 e. The van der Waals surface area contributed by atoms with E-state index in [9.17, 15) is 8.42 Å². The first kappa shape index (κ1) is 14.2. The lowest BCUT2D eigenvalue weighted by Crippen LogP contribution is -2.60. The summed E-state index contributed by atoms with van der Waals surface area (Å²) in [6.45, 7) is 2.10. The molecule has 1 aliphatic carbocycles. The first-order chi connectivity index (χ1) is 7.85. The highest BCUT2D eigenvalue weighted by atomic mass is 32.2. The Kier molecular flexibility index (Phi) is 4.34. The molecule has 0 atom stereocenters. The number of hydrogen-bond acceptors (Lipinski definition) is 4. The van der Waals surface area contributed by atoms with Gasteiger partial charge in [0.05, 0.1) is 5.54 Å². The molecular formula is C9H20N4O3S. The number of rotatable bonds is 4. The van der Waals surface area contributed by atoms with Gasteiger partial charge in [0.15, 0.2) is 5.84 Å². The summed E-state index contributed by atoms with van der Waals surface area (Å²) < 4.78 is 27.8. The van der Waals surface area contributed by atoms with Gasteiger partial charge in [0, 0.05) is 7.05 Å². The van der Waals surface area contributed by atoms with Crippen LogP contribution in [0.3, 0.4) is 0 Å². The summed E-state index contributed by atoms with van der Waals surface area (Å²) in [5, 5.41) is 11.8. The van der Waals surface area contributed by atoms with Gasteiger partial charge in [0.1, 0.15) is 0 Å². The van der Waals surface area contributed by atoms with Crippen LogP contribution in [-0.4, -0.2) is 32.0 Å². The molecular weight excluding hydrogens is 244 g/mol. The van der Waals surface area contributed by atoms with Crippen molar-refractivity contribution in [3.05, 3.63) is 0 Å². The molecule has 0 bridgehead atoms. The number of nitrogens with zero attached hydrogens (tertiary/aromatic N) is 1. The smallest absolute Gasteiger partial charge is 0.277 e. The average molecular weight is 264 g/mol. The van der Waals surface area contributed by atoms with Gasteiger partial charge in [-0.2, -0.15) is 13.1 Å². The normalized spacial score (nSPS) is 31.4. The molecule has 1 aliphatic rings. The number of oxime groups is 1. The van der Waals surface area contributed by atoms with Crippen LogP contribution in [-0.2, 0) is 10.2 Å². The van der Waals surface area contributed by atoms with Crippen molar-refractivity contribution in [3.8, 4) is 0 Å². The maximum absolute atomic E-state index is 11.6. The van der Waals surface area contributed by atoms with Crippen LogP contribution in [0.5, 0.6) is 0 Å². The average Bonchev–Trinajstić information content (AvgIpc) is 2.31. The Balaban J connectivity index is 2.96. The minimum absolute atomic E-state index is 0.0803. The maximum atomic E-state index is 11.6. The highest BCUT2D eigenvalue weighted by molar-refractivity contribution is 7.87. The second-order valence-electron chi connectivity index (χ2n) is 4.56. The van der Waals surface area contributed by atoms with Crippen LogP contribution < -0.4 is 15.2 Å². The molecule has 0 aromatic rings. The van der Waals surface area contributed by atoms with E-state index in [1.54, 1.807) is 0 Å². The Labute approximate surface area is 102 Å². The first-order valence-electron chi connectivity index (χ1n) is 5.55. The fourth-order valence-electron chi connectivity index (χ4n) is 2.07. The van der Waals surface area contributed by atoms with Gasteiger partial charge in [-0.15, -0.1) is 0 Å². The number of amidine groups is 1. The zero-order valence-corrected chi connectivity index (χ0v) is 10.9. The Morgan fingerprint density at radius 2 is 2.00 bits per heavy atom. The third-order valence-corrected chi connectivity index (χ3v) is 4.52. The fraction of sp³-hybridized carbons (Fsp3) is 0.889. The molecule has 0 aromatic heterocycles. The van der Waals surface area contributed by atoms with E-state index >= 15 is 0 Å². The quantitative estimate of drug-likeness (QED) is 0.242.